The first-order chi connectivity index (χ1) is 8.79. The molecule has 0 atom stereocenters. The van der Waals surface area contributed by atoms with Gasteiger partial charge in [0.25, 0.3) is 0 Å². The number of nitrogen functional groups attached to an aromatic ring is 1. The molecule has 3 aromatic rings. The fourth-order valence-electron chi connectivity index (χ4n) is 1.91. The largest absolute Gasteiger partial charge is 0.494 e. The van der Waals surface area contributed by atoms with E-state index in [2.05, 4.69) is 9.97 Å². The Kier molecular flexibility index (Phi) is 2.60. The lowest BCUT2D eigenvalue weighted by atomic mass is 10.1. The van der Waals surface area contributed by atoms with Gasteiger partial charge in [-0.3, -0.25) is 4.98 Å². The van der Waals surface area contributed by atoms with Crippen molar-refractivity contribution in [3.05, 3.63) is 36.7 Å². The molecule has 0 aliphatic rings. The van der Waals surface area contributed by atoms with Crippen LogP contribution in [0.3, 0.4) is 0 Å². The summed E-state index contributed by atoms with van der Waals surface area (Å²) in [5.41, 5.74) is 8.73. The number of pyridine rings is 1. The number of nitrogens with zero attached hydrogens (tertiary/aromatic N) is 2. The van der Waals surface area contributed by atoms with Crippen LogP contribution in [0.4, 0.5) is 5.13 Å². The summed E-state index contributed by atoms with van der Waals surface area (Å²) in [4.78, 5) is 8.46. The number of ether oxygens (including phenoxy) is 1. The van der Waals surface area contributed by atoms with E-state index in [0.717, 1.165) is 27.1 Å². The van der Waals surface area contributed by atoms with Gasteiger partial charge in [0.2, 0.25) is 0 Å². The van der Waals surface area contributed by atoms with Gasteiger partial charge in [-0.25, -0.2) is 4.98 Å². The second kappa shape index (κ2) is 4.27. The monoisotopic (exact) mass is 257 g/mol. The highest BCUT2D eigenvalue weighted by Gasteiger charge is 2.12. The molecule has 18 heavy (non-hydrogen) atoms. The van der Waals surface area contributed by atoms with Crippen LogP contribution in [0.15, 0.2) is 36.7 Å². The zero-order valence-electron chi connectivity index (χ0n) is 9.75. The lowest BCUT2D eigenvalue weighted by Gasteiger charge is -2.05. The first-order valence-electron chi connectivity index (χ1n) is 5.43. The minimum absolute atomic E-state index is 0.541. The predicted molar refractivity (Wildman–Crippen MR) is 73.8 cm³/mol. The average molecular weight is 257 g/mol. The summed E-state index contributed by atoms with van der Waals surface area (Å²) in [5.74, 6) is 0.741. The van der Waals surface area contributed by atoms with E-state index in [-0.39, 0.29) is 0 Å². The Labute approximate surface area is 108 Å². The Morgan fingerprint density at radius 1 is 1.28 bits per heavy atom. The fourth-order valence-corrected chi connectivity index (χ4v) is 2.80. The van der Waals surface area contributed by atoms with Crippen LogP contribution in [0.5, 0.6) is 5.75 Å². The van der Waals surface area contributed by atoms with Crippen LogP contribution in [-0.2, 0) is 0 Å². The second-order valence-electron chi connectivity index (χ2n) is 3.79. The van der Waals surface area contributed by atoms with Gasteiger partial charge < -0.3 is 10.5 Å². The minimum atomic E-state index is 0.541. The predicted octanol–water partition coefficient (Wildman–Crippen LogP) is 2.95. The molecule has 5 heteroatoms. The molecule has 1 aromatic carbocycles. The van der Waals surface area contributed by atoms with Crippen LogP contribution in [0.1, 0.15) is 0 Å². The first kappa shape index (κ1) is 11.0. The smallest absolute Gasteiger partial charge is 0.181 e. The Balaban J connectivity index is 2.31. The number of hydrogen-bond donors (Lipinski definition) is 1. The molecule has 4 nitrogen and oxygen atoms in total. The zero-order chi connectivity index (χ0) is 12.5. The van der Waals surface area contributed by atoms with E-state index in [1.807, 2.05) is 30.5 Å². The van der Waals surface area contributed by atoms with Crippen molar-refractivity contribution in [1.29, 1.82) is 0 Å². The van der Waals surface area contributed by atoms with Gasteiger partial charge in [-0.15, -0.1) is 0 Å². The third-order valence-electron chi connectivity index (χ3n) is 2.72. The van der Waals surface area contributed by atoms with Crippen molar-refractivity contribution in [2.45, 2.75) is 0 Å². The number of hydrogen-bond acceptors (Lipinski definition) is 5. The number of methoxy groups -OCH3 is 1. The Morgan fingerprint density at radius 2 is 2.17 bits per heavy atom. The summed E-state index contributed by atoms with van der Waals surface area (Å²) in [6, 6.07) is 7.85. The van der Waals surface area contributed by atoms with E-state index >= 15 is 0 Å². The molecule has 2 N–H and O–H groups in total. The molecular weight excluding hydrogens is 246 g/mol. The Hall–Kier alpha value is -2.14. The lowest BCUT2D eigenvalue weighted by Crippen LogP contribution is -1.87. The summed E-state index contributed by atoms with van der Waals surface area (Å²) in [6.07, 6.45) is 3.59. The molecule has 0 bridgehead atoms. The number of anilines is 1. The average Bonchev–Trinajstić information content (AvgIpc) is 2.80. The van der Waals surface area contributed by atoms with E-state index < -0.39 is 0 Å². The molecule has 2 heterocycles. The van der Waals surface area contributed by atoms with Crippen LogP contribution in [0.2, 0.25) is 0 Å². The quantitative estimate of drug-likeness (QED) is 0.766. The van der Waals surface area contributed by atoms with E-state index in [1.54, 1.807) is 13.3 Å². The molecular formula is C13H11N3OS. The molecule has 0 amide bonds. The van der Waals surface area contributed by atoms with E-state index in [4.69, 9.17) is 10.5 Å². The molecule has 0 aliphatic carbocycles. The van der Waals surface area contributed by atoms with E-state index in [9.17, 15) is 0 Å². The number of nitrogens with two attached hydrogens (primary N) is 1. The third-order valence-corrected chi connectivity index (χ3v) is 3.63. The van der Waals surface area contributed by atoms with Crippen LogP contribution in [0, 0.1) is 0 Å². The molecule has 0 saturated carbocycles. The SMILES string of the molecule is COc1ccc(-c2cccnc2)c2sc(N)nc12. The number of fused-ring (bicyclic) bond motifs is 1. The highest BCUT2D eigenvalue weighted by atomic mass is 32.1. The lowest BCUT2D eigenvalue weighted by molar-refractivity contribution is 0.419. The summed E-state index contributed by atoms with van der Waals surface area (Å²) in [7, 11) is 1.63. The van der Waals surface area contributed by atoms with Gasteiger partial charge in [-0.05, 0) is 18.2 Å². The van der Waals surface area contributed by atoms with Gasteiger partial charge in [0.15, 0.2) is 5.13 Å². The number of aromatic nitrogens is 2. The molecule has 0 unspecified atom stereocenters. The normalized spacial score (nSPS) is 10.7. The topological polar surface area (TPSA) is 61.0 Å². The van der Waals surface area contributed by atoms with Crippen molar-refractivity contribution in [3.63, 3.8) is 0 Å². The van der Waals surface area contributed by atoms with Crippen molar-refractivity contribution >= 4 is 26.7 Å². The Bertz CT molecular complexity index is 694. The van der Waals surface area contributed by atoms with Gasteiger partial charge in [0, 0.05) is 23.5 Å². The molecule has 0 fully saturated rings. The number of thiazole rings is 1. The van der Waals surface area contributed by atoms with E-state index in [0.29, 0.717) is 5.13 Å². The molecule has 0 aliphatic heterocycles. The van der Waals surface area contributed by atoms with Gasteiger partial charge in [0.1, 0.15) is 11.3 Å². The summed E-state index contributed by atoms with van der Waals surface area (Å²) in [5, 5.41) is 0.541. The molecule has 0 saturated heterocycles. The summed E-state index contributed by atoms with van der Waals surface area (Å²) < 4.78 is 6.33. The van der Waals surface area contributed by atoms with Gasteiger partial charge in [0.05, 0.1) is 11.8 Å². The van der Waals surface area contributed by atoms with Gasteiger partial charge in [-0.1, -0.05) is 17.4 Å². The van der Waals surface area contributed by atoms with Gasteiger partial charge in [-0.2, -0.15) is 0 Å². The van der Waals surface area contributed by atoms with E-state index in [1.165, 1.54) is 11.3 Å². The maximum atomic E-state index is 5.80. The standard InChI is InChI=1S/C13H11N3OS/c1-17-10-5-4-9(8-3-2-6-15-7-8)12-11(10)16-13(14)18-12/h2-7H,1H3,(H2,14,16). The highest BCUT2D eigenvalue weighted by Crippen LogP contribution is 2.38. The zero-order valence-corrected chi connectivity index (χ0v) is 10.6. The molecule has 0 spiro atoms. The highest BCUT2D eigenvalue weighted by molar-refractivity contribution is 7.22. The minimum Gasteiger partial charge on any atom is -0.494 e. The molecule has 90 valence electrons. The summed E-state index contributed by atoms with van der Waals surface area (Å²) >= 11 is 1.46. The first-order valence-corrected chi connectivity index (χ1v) is 6.24. The molecule has 3 rings (SSSR count). The fraction of sp³-hybridized carbons (Fsp3) is 0.0769. The van der Waals surface area contributed by atoms with Crippen LogP contribution in [-0.4, -0.2) is 17.1 Å². The number of rotatable bonds is 2. The maximum Gasteiger partial charge on any atom is 0.181 e. The summed E-state index contributed by atoms with van der Waals surface area (Å²) in [6.45, 7) is 0. The van der Waals surface area contributed by atoms with Crippen molar-refractivity contribution in [3.8, 4) is 16.9 Å². The van der Waals surface area contributed by atoms with Crippen molar-refractivity contribution in [2.75, 3.05) is 12.8 Å². The Morgan fingerprint density at radius 3 is 2.89 bits per heavy atom. The van der Waals surface area contributed by atoms with Crippen molar-refractivity contribution in [1.82, 2.24) is 9.97 Å². The van der Waals surface area contributed by atoms with Crippen LogP contribution < -0.4 is 10.5 Å². The molecule has 2 aromatic heterocycles. The van der Waals surface area contributed by atoms with Crippen LogP contribution in [0.25, 0.3) is 21.3 Å². The van der Waals surface area contributed by atoms with Crippen LogP contribution >= 0.6 is 11.3 Å². The van der Waals surface area contributed by atoms with Crippen molar-refractivity contribution in [2.24, 2.45) is 0 Å². The molecule has 0 radical (unpaired) electrons. The maximum absolute atomic E-state index is 5.80. The van der Waals surface area contributed by atoms with Crippen molar-refractivity contribution < 1.29 is 4.74 Å². The number of benzene rings is 1. The third kappa shape index (κ3) is 1.69. The van der Waals surface area contributed by atoms with Gasteiger partial charge >= 0.3 is 0 Å². The second-order valence-corrected chi connectivity index (χ2v) is 4.82.